The van der Waals surface area contributed by atoms with Crippen LogP contribution in [0.4, 0.5) is 5.13 Å². The summed E-state index contributed by atoms with van der Waals surface area (Å²) < 4.78 is 6.83. The largest absolute Gasteiger partial charge is 0.492 e. The molecule has 1 N–H and O–H groups in total. The van der Waals surface area contributed by atoms with E-state index in [1.54, 1.807) is 35.6 Å². The quantitative estimate of drug-likeness (QED) is 0.657. The Kier molecular flexibility index (Phi) is 5.66. The van der Waals surface area contributed by atoms with Crippen LogP contribution in [0.1, 0.15) is 10.4 Å². The van der Waals surface area contributed by atoms with Gasteiger partial charge in [0.1, 0.15) is 12.4 Å². The molecule has 1 aliphatic rings. The Morgan fingerprint density at radius 3 is 2.79 bits per heavy atom. The summed E-state index contributed by atoms with van der Waals surface area (Å²) in [6.45, 7) is 5.05. The minimum Gasteiger partial charge on any atom is -0.492 e. The number of fused-ring (bicyclic) bond motifs is 1. The number of benzene rings is 2. The number of carboxylic acids is 1. The molecule has 4 rings (SSSR count). The van der Waals surface area contributed by atoms with Gasteiger partial charge in [-0.1, -0.05) is 29.0 Å². The molecule has 0 unspecified atom stereocenters. The van der Waals surface area contributed by atoms with Crippen molar-refractivity contribution < 1.29 is 14.6 Å². The number of halogens is 1. The molecule has 0 radical (unpaired) electrons. The predicted molar refractivity (Wildman–Crippen MR) is 112 cm³/mol. The summed E-state index contributed by atoms with van der Waals surface area (Å²) in [5, 5.41) is 10.8. The van der Waals surface area contributed by atoms with Crippen LogP contribution in [0.2, 0.25) is 5.02 Å². The van der Waals surface area contributed by atoms with Crippen molar-refractivity contribution in [2.75, 3.05) is 44.2 Å². The van der Waals surface area contributed by atoms with Gasteiger partial charge in [-0.25, -0.2) is 9.78 Å². The van der Waals surface area contributed by atoms with Crippen LogP contribution in [0.15, 0.2) is 42.5 Å². The summed E-state index contributed by atoms with van der Waals surface area (Å²) in [7, 11) is 0. The molecule has 0 atom stereocenters. The first-order valence-corrected chi connectivity index (χ1v) is 10.3. The summed E-state index contributed by atoms with van der Waals surface area (Å²) in [6, 6.07) is 12.4. The number of carboxylic acid groups (broad SMARTS) is 1. The molecule has 2 aromatic carbocycles. The summed E-state index contributed by atoms with van der Waals surface area (Å²) >= 11 is 7.74. The Hall–Kier alpha value is -2.35. The second kappa shape index (κ2) is 8.34. The van der Waals surface area contributed by atoms with Crippen LogP contribution in [0.25, 0.3) is 10.2 Å². The van der Waals surface area contributed by atoms with Gasteiger partial charge < -0.3 is 14.7 Å². The fraction of sp³-hybridized carbons (Fsp3) is 0.300. The molecule has 3 aromatic rings. The third-order valence-electron chi connectivity index (χ3n) is 4.74. The Morgan fingerprint density at radius 1 is 1.18 bits per heavy atom. The first kappa shape index (κ1) is 19.0. The number of ether oxygens (including phenoxy) is 1. The van der Waals surface area contributed by atoms with Crippen molar-refractivity contribution in [3.63, 3.8) is 0 Å². The topological polar surface area (TPSA) is 65.9 Å². The Labute approximate surface area is 171 Å². The Morgan fingerprint density at radius 2 is 2.00 bits per heavy atom. The number of nitrogens with zero attached hydrogens (tertiary/aromatic N) is 3. The number of hydrogen-bond donors (Lipinski definition) is 1. The van der Waals surface area contributed by atoms with Crippen molar-refractivity contribution in [1.29, 1.82) is 0 Å². The number of aromatic nitrogens is 1. The number of piperazine rings is 1. The molecule has 0 aliphatic carbocycles. The highest BCUT2D eigenvalue weighted by molar-refractivity contribution is 7.22. The van der Waals surface area contributed by atoms with E-state index in [-0.39, 0.29) is 5.56 Å². The van der Waals surface area contributed by atoms with Crippen molar-refractivity contribution in [2.45, 2.75) is 0 Å². The number of hydrogen-bond acceptors (Lipinski definition) is 6. The van der Waals surface area contributed by atoms with Gasteiger partial charge in [0.2, 0.25) is 0 Å². The highest BCUT2D eigenvalue weighted by Crippen LogP contribution is 2.31. The third-order valence-corrected chi connectivity index (χ3v) is 6.05. The van der Waals surface area contributed by atoms with E-state index < -0.39 is 5.97 Å². The maximum absolute atomic E-state index is 11.0. The minimum absolute atomic E-state index is 0.239. The zero-order chi connectivity index (χ0) is 19.5. The summed E-state index contributed by atoms with van der Waals surface area (Å²) in [6.07, 6.45) is 0. The number of thiazole rings is 1. The second-order valence-corrected chi connectivity index (χ2v) is 8.06. The molecule has 28 heavy (non-hydrogen) atoms. The SMILES string of the molecule is O=C(O)c1cccc(OCCN2CCN(c3nc4ccc(Cl)cc4s3)CC2)c1. The average molecular weight is 418 g/mol. The summed E-state index contributed by atoms with van der Waals surface area (Å²) in [5.41, 5.74) is 1.23. The maximum Gasteiger partial charge on any atom is 0.335 e. The van der Waals surface area contributed by atoms with Crippen LogP contribution in [-0.2, 0) is 0 Å². The van der Waals surface area contributed by atoms with Crippen molar-refractivity contribution in [3.8, 4) is 5.75 Å². The van der Waals surface area contributed by atoms with E-state index in [0.717, 1.165) is 53.1 Å². The lowest BCUT2D eigenvalue weighted by molar-refractivity contribution is 0.0696. The number of aromatic carboxylic acids is 1. The molecular formula is C20H20ClN3O3S. The maximum atomic E-state index is 11.0. The summed E-state index contributed by atoms with van der Waals surface area (Å²) in [4.78, 5) is 20.4. The molecule has 2 heterocycles. The normalized spacial score (nSPS) is 15.1. The van der Waals surface area contributed by atoms with E-state index in [0.29, 0.717) is 12.4 Å². The van der Waals surface area contributed by atoms with Crippen LogP contribution in [-0.4, -0.2) is 60.3 Å². The monoisotopic (exact) mass is 417 g/mol. The van der Waals surface area contributed by atoms with Gasteiger partial charge in [-0.3, -0.25) is 4.90 Å². The van der Waals surface area contributed by atoms with Gasteiger partial charge in [-0.05, 0) is 36.4 Å². The van der Waals surface area contributed by atoms with Gasteiger partial charge in [-0.15, -0.1) is 0 Å². The van der Waals surface area contributed by atoms with E-state index in [1.807, 2.05) is 18.2 Å². The smallest absolute Gasteiger partial charge is 0.335 e. The number of carbonyl (C=O) groups is 1. The minimum atomic E-state index is -0.946. The molecule has 0 bridgehead atoms. The second-order valence-electron chi connectivity index (χ2n) is 6.62. The van der Waals surface area contributed by atoms with Gasteiger partial charge in [0.05, 0.1) is 15.8 Å². The standard InChI is InChI=1S/C20H20ClN3O3S/c21-15-4-5-17-18(13-15)28-20(22-17)24-8-6-23(7-9-24)10-11-27-16-3-1-2-14(12-16)19(25)26/h1-5,12-13H,6-11H2,(H,25,26). The zero-order valence-electron chi connectivity index (χ0n) is 15.2. The highest BCUT2D eigenvalue weighted by atomic mass is 35.5. The lowest BCUT2D eigenvalue weighted by Crippen LogP contribution is -2.47. The third kappa shape index (κ3) is 4.38. The van der Waals surface area contributed by atoms with Gasteiger partial charge in [0.15, 0.2) is 5.13 Å². The lowest BCUT2D eigenvalue weighted by atomic mass is 10.2. The van der Waals surface area contributed by atoms with E-state index in [9.17, 15) is 4.79 Å². The van der Waals surface area contributed by atoms with Gasteiger partial charge in [0, 0.05) is 37.7 Å². The Bertz CT molecular complexity index is 986. The highest BCUT2D eigenvalue weighted by Gasteiger charge is 2.19. The molecule has 1 saturated heterocycles. The van der Waals surface area contributed by atoms with Gasteiger partial charge in [0.25, 0.3) is 0 Å². The van der Waals surface area contributed by atoms with Crippen molar-refractivity contribution in [3.05, 3.63) is 53.1 Å². The van der Waals surface area contributed by atoms with Crippen LogP contribution < -0.4 is 9.64 Å². The molecule has 1 aromatic heterocycles. The van der Waals surface area contributed by atoms with E-state index in [4.69, 9.17) is 26.4 Å². The summed E-state index contributed by atoms with van der Waals surface area (Å²) in [5.74, 6) is -0.356. The van der Waals surface area contributed by atoms with Crippen LogP contribution in [0, 0.1) is 0 Å². The average Bonchev–Trinajstić information content (AvgIpc) is 3.12. The molecule has 1 aliphatic heterocycles. The molecule has 0 saturated carbocycles. The lowest BCUT2D eigenvalue weighted by Gasteiger charge is -2.34. The van der Waals surface area contributed by atoms with E-state index >= 15 is 0 Å². The fourth-order valence-electron chi connectivity index (χ4n) is 3.20. The molecule has 146 valence electrons. The Balaban J connectivity index is 1.27. The predicted octanol–water partition coefficient (Wildman–Crippen LogP) is 3.85. The zero-order valence-corrected chi connectivity index (χ0v) is 16.7. The van der Waals surface area contributed by atoms with Gasteiger partial charge >= 0.3 is 5.97 Å². The van der Waals surface area contributed by atoms with Crippen LogP contribution >= 0.6 is 22.9 Å². The van der Waals surface area contributed by atoms with E-state index in [1.165, 1.54) is 0 Å². The first-order valence-electron chi connectivity index (χ1n) is 9.08. The molecular weight excluding hydrogens is 398 g/mol. The van der Waals surface area contributed by atoms with Crippen molar-refractivity contribution in [2.24, 2.45) is 0 Å². The first-order chi connectivity index (χ1) is 13.6. The van der Waals surface area contributed by atoms with Crippen molar-refractivity contribution >= 4 is 44.3 Å². The van der Waals surface area contributed by atoms with Crippen LogP contribution in [0.3, 0.4) is 0 Å². The van der Waals surface area contributed by atoms with Crippen molar-refractivity contribution in [1.82, 2.24) is 9.88 Å². The number of anilines is 1. The molecule has 0 spiro atoms. The van der Waals surface area contributed by atoms with Crippen LogP contribution in [0.5, 0.6) is 5.75 Å². The molecule has 1 fully saturated rings. The number of rotatable bonds is 6. The molecule has 8 heteroatoms. The molecule has 6 nitrogen and oxygen atoms in total. The van der Waals surface area contributed by atoms with E-state index in [2.05, 4.69) is 9.80 Å². The molecule has 0 amide bonds. The fourth-order valence-corrected chi connectivity index (χ4v) is 4.49. The van der Waals surface area contributed by atoms with Gasteiger partial charge in [-0.2, -0.15) is 0 Å².